The molecular formula is C20H14O8. The molecule has 8 nitrogen and oxygen atoms in total. The minimum atomic E-state index is -1.93. The highest BCUT2D eigenvalue weighted by Crippen LogP contribution is 2.52. The maximum absolute atomic E-state index is 13.5. The Morgan fingerprint density at radius 2 is 1.96 bits per heavy atom. The van der Waals surface area contributed by atoms with Gasteiger partial charge in [-0.1, -0.05) is 0 Å². The van der Waals surface area contributed by atoms with E-state index in [0.717, 1.165) is 0 Å². The van der Waals surface area contributed by atoms with Gasteiger partial charge in [0, 0.05) is 17.0 Å². The molecule has 1 N–H and O–H groups in total. The number of benzene rings is 2. The first kappa shape index (κ1) is 15.6. The Kier molecular flexibility index (Phi) is 2.85. The zero-order valence-corrected chi connectivity index (χ0v) is 14.7. The van der Waals surface area contributed by atoms with Crippen LogP contribution in [-0.2, 0) is 5.60 Å². The molecule has 3 aliphatic rings. The summed E-state index contributed by atoms with van der Waals surface area (Å²) in [4.78, 5) is 13.5. The van der Waals surface area contributed by atoms with Crippen LogP contribution >= 0.6 is 0 Å². The number of hydrogen-bond acceptors (Lipinski definition) is 8. The van der Waals surface area contributed by atoms with Crippen molar-refractivity contribution in [3.8, 4) is 28.7 Å². The van der Waals surface area contributed by atoms with Gasteiger partial charge in [0.05, 0.1) is 18.9 Å². The highest BCUT2D eigenvalue weighted by molar-refractivity contribution is 6.10. The van der Waals surface area contributed by atoms with Crippen molar-refractivity contribution >= 4 is 16.8 Å². The Morgan fingerprint density at radius 3 is 2.79 bits per heavy atom. The van der Waals surface area contributed by atoms with Gasteiger partial charge in [-0.15, -0.1) is 0 Å². The summed E-state index contributed by atoms with van der Waals surface area (Å²) in [5.41, 5.74) is -0.950. The van der Waals surface area contributed by atoms with Crippen molar-refractivity contribution in [1.29, 1.82) is 0 Å². The van der Waals surface area contributed by atoms with Crippen LogP contribution in [0.3, 0.4) is 0 Å². The van der Waals surface area contributed by atoms with E-state index in [0.29, 0.717) is 34.0 Å². The van der Waals surface area contributed by atoms with Crippen molar-refractivity contribution in [2.75, 3.05) is 20.5 Å². The normalized spacial score (nSPS) is 24.1. The number of methoxy groups -OCH3 is 1. The van der Waals surface area contributed by atoms with E-state index < -0.39 is 17.5 Å². The third-order valence-corrected chi connectivity index (χ3v) is 5.45. The average molecular weight is 382 g/mol. The summed E-state index contributed by atoms with van der Waals surface area (Å²) in [6.45, 7) is 0.0523. The Labute approximate surface area is 158 Å². The van der Waals surface area contributed by atoms with E-state index in [1.807, 2.05) is 0 Å². The number of aliphatic hydroxyl groups is 1. The molecule has 0 amide bonds. The van der Waals surface area contributed by atoms with E-state index in [2.05, 4.69) is 0 Å². The predicted octanol–water partition coefficient (Wildman–Crippen LogP) is 2.39. The second-order valence-corrected chi connectivity index (χ2v) is 6.84. The predicted molar refractivity (Wildman–Crippen MR) is 93.5 cm³/mol. The number of carbonyl (C=O) groups is 1. The van der Waals surface area contributed by atoms with Gasteiger partial charge in [0.15, 0.2) is 34.5 Å². The molecule has 2 aromatic carbocycles. The van der Waals surface area contributed by atoms with Crippen molar-refractivity contribution in [2.24, 2.45) is 0 Å². The van der Waals surface area contributed by atoms with Crippen LogP contribution in [0.5, 0.6) is 28.7 Å². The number of furan rings is 1. The van der Waals surface area contributed by atoms with Crippen molar-refractivity contribution in [2.45, 2.75) is 11.7 Å². The molecule has 3 aliphatic heterocycles. The van der Waals surface area contributed by atoms with Crippen LogP contribution in [0.4, 0.5) is 0 Å². The molecule has 142 valence electrons. The fourth-order valence-electron chi connectivity index (χ4n) is 4.07. The fraction of sp³-hybridized carbons (Fsp3) is 0.250. The van der Waals surface area contributed by atoms with Gasteiger partial charge in [0.1, 0.15) is 12.4 Å². The smallest absolute Gasteiger partial charge is 0.231 e. The Morgan fingerprint density at radius 1 is 1.14 bits per heavy atom. The summed E-state index contributed by atoms with van der Waals surface area (Å²) in [5, 5.41) is 12.2. The summed E-state index contributed by atoms with van der Waals surface area (Å²) >= 11 is 0. The van der Waals surface area contributed by atoms with Crippen LogP contribution in [0.1, 0.15) is 15.9 Å². The van der Waals surface area contributed by atoms with Crippen LogP contribution in [0, 0.1) is 0 Å². The number of Topliss-reactive ketones (excluding diaryl/α,β-unsaturated/α-hetero) is 1. The van der Waals surface area contributed by atoms with Gasteiger partial charge >= 0.3 is 0 Å². The quantitative estimate of drug-likeness (QED) is 0.685. The third kappa shape index (κ3) is 1.75. The maximum atomic E-state index is 13.5. The molecular weight excluding hydrogens is 368 g/mol. The van der Waals surface area contributed by atoms with E-state index in [1.54, 1.807) is 24.3 Å². The molecule has 0 unspecified atom stereocenters. The molecule has 0 aliphatic carbocycles. The SMILES string of the molecule is COc1c2c(cc3ccoc13)C(=O)[C@]1(O)c3cc4c(cc3OC[C@H]1O2)OCO4. The Hall–Kier alpha value is -3.39. The monoisotopic (exact) mass is 382 g/mol. The van der Waals surface area contributed by atoms with Gasteiger partial charge in [-0.2, -0.15) is 0 Å². The zero-order valence-electron chi connectivity index (χ0n) is 14.7. The summed E-state index contributed by atoms with van der Waals surface area (Å²) in [5.74, 6) is 1.36. The van der Waals surface area contributed by atoms with E-state index in [-0.39, 0.29) is 30.3 Å². The van der Waals surface area contributed by atoms with Gasteiger partial charge in [-0.25, -0.2) is 0 Å². The first-order valence-electron chi connectivity index (χ1n) is 8.70. The lowest BCUT2D eigenvalue weighted by Gasteiger charge is -2.43. The lowest BCUT2D eigenvalue weighted by molar-refractivity contribution is -0.0805. The average Bonchev–Trinajstić information content (AvgIpc) is 3.35. The molecule has 0 saturated heterocycles. The Bertz CT molecular complexity index is 1160. The zero-order chi connectivity index (χ0) is 19.0. The van der Waals surface area contributed by atoms with Crippen LogP contribution < -0.4 is 23.7 Å². The highest BCUT2D eigenvalue weighted by atomic mass is 16.7. The van der Waals surface area contributed by atoms with Crippen molar-refractivity contribution in [3.05, 3.63) is 41.7 Å². The summed E-state index contributed by atoms with van der Waals surface area (Å²) in [7, 11) is 1.47. The minimum absolute atomic E-state index is 0.0202. The van der Waals surface area contributed by atoms with Crippen molar-refractivity contribution in [3.63, 3.8) is 0 Å². The first-order valence-corrected chi connectivity index (χ1v) is 8.70. The lowest BCUT2D eigenvalue weighted by atomic mass is 9.77. The second kappa shape index (κ2) is 5.11. The van der Waals surface area contributed by atoms with Gasteiger partial charge < -0.3 is 33.2 Å². The third-order valence-electron chi connectivity index (χ3n) is 5.45. The molecule has 1 aromatic heterocycles. The van der Waals surface area contributed by atoms with Crippen molar-refractivity contribution in [1.82, 2.24) is 0 Å². The number of hydrogen-bond donors (Lipinski definition) is 1. The molecule has 3 aromatic rings. The molecule has 28 heavy (non-hydrogen) atoms. The fourth-order valence-corrected chi connectivity index (χ4v) is 4.07. The molecule has 0 spiro atoms. The molecule has 2 atom stereocenters. The van der Waals surface area contributed by atoms with Gasteiger partial charge in [-0.3, -0.25) is 4.79 Å². The largest absolute Gasteiger partial charge is 0.490 e. The minimum Gasteiger partial charge on any atom is -0.490 e. The molecule has 6 rings (SSSR count). The van der Waals surface area contributed by atoms with Crippen molar-refractivity contribution < 1.29 is 38.0 Å². The number of rotatable bonds is 1. The Balaban J connectivity index is 1.59. The van der Waals surface area contributed by atoms with Gasteiger partial charge in [0.25, 0.3) is 0 Å². The molecule has 4 heterocycles. The van der Waals surface area contributed by atoms with Crippen LogP contribution in [0.25, 0.3) is 11.0 Å². The van der Waals surface area contributed by atoms with E-state index in [4.69, 9.17) is 28.1 Å². The summed E-state index contributed by atoms with van der Waals surface area (Å²) in [6, 6.07) is 6.55. The standard InChI is InChI=1S/C20H14O8/c1-23-18-16-9(2-3-24-16)4-10-17(18)28-15-7-25-12-6-14-13(26-8-27-14)5-11(12)20(15,22)19(10)21/h2-6,15,22H,7-8H2,1H3/t15-,20+/m1/s1. The molecule has 0 bridgehead atoms. The second-order valence-electron chi connectivity index (χ2n) is 6.84. The van der Waals surface area contributed by atoms with Crippen LogP contribution in [-0.4, -0.2) is 37.5 Å². The van der Waals surface area contributed by atoms with Crippen LogP contribution in [0.2, 0.25) is 0 Å². The lowest BCUT2D eigenvalue weighted by Crippen LogP contribution is -2.57. The van der Waals surface area contributed by atoms with E-state index in [9.17, 15) is 9.90 Å². The molecule has 8 heteroatoms. The number of ketones is 1. The highest BCUT2D eigenvalue weighted by Gasteiger charge is 2.57. The molecule has 0 fully saturated rings. The first-order chi connectivity index (χ1) is 13.6. The summed E-state index contributed by atoms with van der Waals surface area (Å²) in [6.07, 6.45) is 0.547. The van der Waals surface area contributed by atoms with E-state index in [1.165, 1.54) is 13.4 Å². The number of fused-ring (bicyclic) bond motifs is 6. The maximum Gasteiger partial charge on any atom is 0.231 e. The number of ether oxygens (including phenoxy) is 5. The number of carbonyl (C=O) groups excluding carboxylic acids is 1. The summed E-state index contributed by atoms with van der Waals surface area (Å²) < 4.78 is 33.5. The molecule has 0 radical (unpaired) electrons. The van der Waals surface area contributed by atoms with Crippen LogP contribution in [0.15, 0.2) is 34.9 Å². The van der Waals surface area contributed by atoms with Gasteiger partial charge in [0.2, 0.25) is 18.3 Å². The van der Waals surface area contributed by atoms with E-state index >= 15 is 0 Å². The van der Waals surface area contributed by atoms with Gasteiger partial charge in [-0.05, 0) is 18.2 Å². The topological polar surface area (TPSA) is 96.6 Å². The molecule has 0 saturated carbocycles.